The van der Waals surface area contributed by atoms with E-state index in [-0.39, 0.29) is 17.4 Å². The second-order valence-corrected chi connectivity index (χ2v) is 8.61. The van der Waals surface area contributed by atoms with Crippen LogP contribution in [0.15, 0.2) is 36.9 Å². The predicted octanol–water partition coefficient (Wildman–Crippen LogP) is 3.97. The average molecular weight is 422 g/mol. The van der Waals surface area contributed by atoms with Crippen molar-refractivity contribution < 1.29 is 24.1 Å². The standard InChI is InChI=1S/C22H31NO5S/c1-4-5-6-7-19-12-17(24)13-22(27-3,28-19)20-15-29-21(25)23(20)14-16-8-10-18(26-2)11-9-16/h4,8-11,17,19-20,24H,1,5-7,12-15H2,2-3H3/t17-,19+,20?,22+/m0/s1. The van der Waals surface area contributed by atoms with Crippen LogP contribution in [0.1, 0.15) is 37.7 Å². The maximum Gasteiger partial charge on any atom is 0.282 e. The van der Waals surface area contributed by atoms with Crippen molar-refractivity contribution in [2.75, 3.05) is 20.0 Å². The van der Waals surface area contributed by atoms with Gasteiger partial charge in [0.1, 0.15) is 5.75 Å². The zero-order chi connectivity index (χ0) is 20.9. The smallest absolute Gasteiger partial charge is 0.282 e. The molecule has 6 nitrogen and oxygen atoms in total. The summed E-state index contributed by atoms with van der Waals surface area (Å²) in [6, 6.07) is 7.44. The van der Waals surface area contributed by atoms with Crippen molar-refractivity contribution in [3.05, 3.63) is 42.5 Å². The third-order valence-electron chi connectivity index (χ3n) is 5.70. The summed E-state index contributed by atoms with van der Waals surface area (Å²) in [5.41, 5.74) is 1.01. The first-order valence-corrected chi connectivity index (χ1v) is 11.1. The van der Waals surface area contributed by atoms with Gasteiger partial charge in [0.15, 0.2) is 5.79 Å². The van der Waals surface area contributed by atoms with Gasteiger partial charge in [0, 0.05) is 25.8 Å². The number of aliphatic hydroxyl groups excluding tert-OH is 1. The van der Waals surface area contributed by atoms with Gasteiger partial charge in [-0.25, -0.2) is 0 Å². The molecule has 2 heterocycles. The number of rotatable bonds is 9. The van der Waals surface area contributed by atoms with Gasteiger partial charge in [0.05, 0.1) is 25.4 Å². The van der Waals surface area contributed by atoms with E-state index in [1.807, 2.05) is 35.2 Å². The number of nitrogens with zero attached hydrogens (tertiary/aromatic N) is 1. The van der Waals surface area contributed by atoms with Crippen molar-refractivity contribution in [1.82, 2.24) is 4.90 Å². The summed E-state index contributed by atoms with van der Waals surface area (Å²) in [7, 11) is 3.24. The van der Waals surface area contributed by atoms with Crippen LogP contribution in [0.25, 0.3) is 0 Å². The summed E-state index contributed by atoms with van der Waals surface area (Å²) in [4.78, 5) is 14.5. The van der Waals surface area contributed by atoms with Crippen LogP contribution in [0.4, 0.5) is 4.79 Å². The quantitative estimate of drug-likeness (QED) is 0.481. The molecule has 2 aliphatic heterocycles. The fraction of sp³-hybridized carbons (Fsp3) is 0.591. The molecule has 1 aromatic rings. The van der Waals surface area contributed by atoms with Crippen molar-refractivity contribution in [2.24, 2.45) is 0 Å². The number of carbonyl (C=O) groups is 1. The minimum Gasteiger partial charge on any atom is -0.497 e. The SMILES string of the molecule is C=CCCC[C@@H]1C[C@H](O)C[C@](OC)(C2CSC(=O)N2Cc2ccc(OC)cc2)O1. The number of hydrogen-bond donors (Lipinski definition) is 1. The summed E-state index contributed by atoms with van der Waals surface area (Å²) in [5.74, 6) is 0.360. The molecule has 2 saturated heterocycles. The van der Waals surface area contributed by atoms with Gasteiger partial charge in [-0.3, -0.25) is 4.79 Å². The minimum absolute atomic E-state index is 0.00844. The van der Waals surface area contributed by atoms with Gasteiger partial charge in [0.2, 0.25) is 0 Å². The monoisotopic (exact) mass is 421 g/mol. The molecule has 29 heavy (non-hydrogen) atoms. The largest absolute Gasteiger partial charge is 0.497 e. The van der Waals surface area contributed by atoms with E-state index in [1.165, 1.54) is 11.8 Å². The number of benzene rings is 1. The molecule has 3 rings (SSSR count). The second-order valence-electron chi connectivity index (χ2n) is 7.64. The highest BCUT2D eigenvalue weighted by atomic mass is 32.2. The number of aliphatic hydroxyl groups is 1. The molecule has 1 aromatic carbocycles. The Kier molecular flexibility index (Phi) is 7.62. The highest BCUT2D eigenvalue weighted by Gasteiger charge is 2.53. The molecule has 160 valence electrons. The van der Waals surface area contributed by atoms with Gasteiger partial charge in [0.25, 0.3) is 5.24 Å². The Morgan fingerprint density at radius 2 is 2.14 bits per heavy atom. The summed E-state index contributed by atoms with van der Waals surface area (Å²) in [6.45, 7) is 4.23. The van der Waals surface area contributed by atoms with E-state index >= 15 is 0 Å². The highest BCUT2D eigenvalue weighted by molar-refractivity contribution is 8.13. The van der Waals surface area contributed by atoms with Crippen molar-refractivity contribution >= 4 is 17.0 Å². The Labute approximate surface area is 177 Å². The summed E-state index contributed by atoms with van der Waals surface area (Å²) in [5, 5.41) is 10.6. The van der Waals surface area contributed by atoms with E-state index in [9.17, 15) is 9.90 Å². The van der Waals surface area contributed by atoms with E-state index in [1.54, 1.807) is 14.2 Å². The molecule has 0 radical (unpaired) electrons. The van der Waals surface area contributed by atoms with Crippen LogP contribution in [0.3, 0.4) is 0 Å². The van der Waals surface area contributed by atoms with Crippen LogP contribution in [-0.4, -0.2) is 59.3 Å². The minimum atomic E-state index is -0.998. The van der Waals surface area contributed by atoms with Gasteiger partial charge in [-0.2, -0.15) is 0 Å². The van der Waals surface area contributed by atoms with Gasteiger partial charge in [-0.15, -0.1) is 6.58 Å². The third-order valence-corrected chi connectivity index (χ3v) is 6.66. The van der Waals surface area contributed by atoms with Crippen LogP contribution >= 0.6 is 11.8 Å². The molecule has 7 heteroatoms. The van der Waals surface area contributed by atoms with E-state index in [2.05, 4.69) is 6.58 Å². The van der Waals surface area contributed by atoms with Gasteiger partial charge in [-0.05, 0) is 43.4 Å². The normalized spacial score (nSPS) is 29.8. The first kappa shape index (κ1) is 22.2. The van der Waals surface area contributed by atoms with Crippen molar-refractivity contribution in [1.29, 1.82) is 0 Å². The molecule has 0 aromatic heterocycles. The molecule has 2 aliphatic rings. The van der Waals surface area contributed by atoms with Crippen molar-refractivity contribution in [3.8, 4) is 5.75 Å². The van der Waals surface area contributed by atoms with E-state index in [4.69, 9.17) is 14.2 Å². The summed E-state index contributed by atoms with van der Waals surface area (Å²) >= 11 is 1.28. The zero-order valence-corrected chi connectivity index (χ0v) is 18.0. The van der Waals surface area contributed by atoms with Gasteiger partial charge < -0.3 is 24.2 Å². The lowest BCUT2D eigenvalue weighted by atomic mass is 9.91. The topological polar surface area (TPSA) is 68.2 Å². The predicted molar refractivity (Wildman–Crippen MR) is 114 cm³/mol. The van der Waals surface area contributed by atoms with E-state index in [0.29, 0.717) is 25.1 Å². The Morgan fingerprint density at radius 1 is 1.38 bits per heavy atom. The number of methoxy groups -OCH3 is 2. The van der Waals surface area contributed by atoms with Crippen LogP contribution < -0.4 is 4.74 Å². The first-order valence-electron chi connectivity index (χ1n) is 10.1. The fourth-order valence-corrected chi connectivity index (χ4v) is 5.25. The molecule has 1 amide bonds. The molecule has 0 aliphatic carbocycles. The van der Waals surface area contributed by atoms with Crippen LogP contribution in [0.5, 0.6) is 5.75 Å². The van der Waals surface area contributed by atoms with Crippen LogP contribution in [0, 0.1) is 0 Å². The van der Waals surface area contributed by atoms with Crippen LogP contribution in [0.2, 0.25) is 0 Å². The molecule has 0 spiro atoms. The average Bonchev–Trinajstić information content (AvgIpc) is 3.09. The van der Waals surface area contributed by atoms with Crippen molar-refractivity contribution in [2.45, 2.75) is 62.7 Å². The number of ether oxygens (including phenoxy) is 3. The number of hydrogen-bond acceptors (Lipinski definition) is 6. The number of amides is 1. The number of allylic oxidation sites excluding steroid dienone is 1. The molecular weight excluding hydrogens is 390 g/mol. The summed E-state index contributed by atoms with van der Waals surface area (Å²) in [6.07, 6.45) is 4.94. The molecule has 2 fully saturated rings. The lowest BCUT2D eigenvalue weighted by molar-refractivity contribution is -0.305. The number of unbranched alkanes of at least 4 members (excludes halogenated alkanes) is 1. The lowest BCUT2D eigenvalue weighted by Gasteiger charge is -2.47. The number of carbonyl (C=O) groups excluding carboxylic acids is 1. The fourth-order valence-electron chi connectivity index (χ4n) is 4.16. The molecule has 0 saturated carbocycles. The maximum atomic E-state index is 12.7. The molecular formula is C22H31NO5S. The molecule has 1 N–H and O–H groups in total. The van der Waals surface area contributed by atoms with Crippen LogP contribution in [-0.2, 0) is 16.0 Å². The molecule has 0 bridgehead atoms. The molecule has 1 unspecified atom stereocenters. The Balaban J connectivity index is 1.77. The highest BCUT2D eigenvalue weighted by Crippen LogP contribution is 2.42. The maximum absolute atomic E-state index is 12.7. The Morgan fingerprint density at radius 3 is 2.79 bits per heavy atom. The Hall–Kier alpha value is -1.54. The summed E-state index contributed by atoms with van der Waals surface area (Å²) < 4.78 is 17.5. The first-order chi connectivity index (χ1) is 14.0. The van der Waals surface area contributed by atoms with Gasteiger partial charge >= 0.3 is 0 Å². The Bertz CT molecular complexity index is 697. The lowest BCUT2D eigenvalue weighted by Crippen LogP contribution is -2.60. The van der Waals surface area contributed by atoms with E-state index < -0.39 is 11.9 Å². The molecule has 4 atom stereocenters. The third kappa shape index (κ3) is 5.15. The van der Waals surface area contributed by atoms with Crippen molar-refractivity contribution in [3.63, 3.8) is 0 Å². The zero-order valence-electron chi connectivity index (χ0n) is 17.2. The second kappa shape index (κ2) is 9.98. The number of thioether (sulfide) groups is 1. The van der Waals surface area contributed by atoms with Gasteiger partial charge in [-0.1, -0.05) is 30.0 Å². The van der Waals surface area contributed by atoms with E-state index in [0.717, 1.165) is 30.6 Å².